The molecule has 0 atom stereocenters. The van der Waals surface area contributed by atoms with Crippen LogP contribution in [0.15, 0.2) is 11.9 Å². The summed E-state index contributed by atoms with van der Waals surface area (Å²) in [6.45, 7) is 5.01. The summed E-state index contributed by atoms with van der Waals surface area (Å²) in [4.78, 5) is 2.12. The molecule has 1 rings (SSSR count). The Morgan fingerprint density at radius 1 is 1.80 bits per heavy atom. The van der Waals surface area contributed by atoms with Gasteiger partial charge in [0.05, 0.1) is 6.61 Å². The van der Waals surface area contributed by atoms with Crippen LogP contribution < -0.4 is 5.32 Å². The minimum absolute atomic E-state index is 0.240. The first-order valence-corrected chi connectivity index (χ1v) is 3.60. The van der Waals surface area contributed by atoms with Gasteiger partial charge in [0.25, 0.3) is 0 Å². The van der Waals surface area contributed by atoms with Crippen molar-refractivity contribution in [1.29, 1.82) is 0 Å². The molecule has 0 aromatic heterocycles. The van der Waals surface area contributed by atoms with Gasteiger partial charge < -0.3 is 15.3 Å². The van der Waals surface area contributed by atoms with E-state index in [-0.39, 0.29) is 6.61 Å². The third-order valence-corrected chi connectivity index (χ3v) is 1.57. The second kappa shape index (κ2) is 3.46. The summed E-state index contributed by atoms with van der Waals surface area (Å²) in [7, 11) is 0. The predicted octanol–water partition coefficient (Wildman–Crippen LogP) is -0.255. The third-order valence-electron chi connectivity index (χ3n) is 1.57. The molecule has 58 valence electrons. The molecule has 0 aromatic carbocycles. The van der Waals surface area contributed by atoms with E-state index in [9.17, 15) is 0 Å². The Bertz CT molecular complexity index is 134. The van der Waals surface area contributed by atoms with Crippen LogP contribution in [0.25, 0.3) is 0 Å². The van der Waals surface area contributed by atoms with E-state index in [1.807, 2.05) is 13.1 Å². The summed E-state index contributed by atoms with van der Waals surface area (Å²) in [5.41, 5.74) is 1.18. The molecule has 0 spiro atoms. The largest absolute Gasteiger partial charge is 0.395 e. The molecule has 3 heteroatoms. The van der Waals surface area contributed by atoms with Gasteiger partial charge in [0.15, 0.2) is 0 Å². The molecule has 1 aliphatic rings. The highest BCUT2D eigenvalue weighted by molar-refractivity contribution is 4.98. The Morgan fingerprint density at radius 3 is 3.20 bits per heavy atom. The van der Waals surface area contributed by atoms with Crippen LogP contribution in [0.2, 0.25) is 0 Å². The highest BCUT2D eigenvalue weighted by Gasteiger charge is 2.03. The van der Waals surface area contributed by atoms with Crippen molar-refractivity contribution >= 4 is 0 Å². The molecule has 0 amide bonds. The number of aliphatic hydroxyl groups excluding tert-OH is 1. The number of rotatable bonds is 2. The van der Waals surface area contributed by atoms with Gasteiger partial charge in [-0.1, -0.05) is 0 Å². The molecule has 0 aliphatic carbocycles. The fraction of sp³-hybridized carbons (Fsp3) is 0.714. The minimum Gasteiger partial charge on any atom is -0.395 e. The van der Waals surface area contributed by atoms with Crippen molar-refractivity contribution in [1.82, 2.24) is 10.2 Å². The molecule has 0 radical (unpaired) electrons. The fourth-order valence-electron chi connectivity index (χ4n) is 1.09. The molecule has 0 bridgehead atoms. The summed E-state index contributed by atoms with van der Waals surface area (Å²) < 4.78 is 0. The van der Waals surface area contributed by atoms with E-state index in [1.54, 1.807) is 0 Å². The van der Waals surface area contributed by atoms with E-state index < -0.39 is 0 Å². The number of hydrogen-bond donors (Lipinski definition) is 2. The number of β-amino-alcohol motifs (C(OH)–C–C–N with tert-alkyl or cyclic N) is 1. The lowest BCUT2D eigenvalue weighted by atomic mass is 10.3. The molecule has 0 unspecified atom stereocenters. The van der Waals surface area contributed by atoms with E-state index in [2.05, 4.69) is 10.2 Å². The first kappa shape index (κ1) is 7.41. The smallest absolute Gasteiger partial charge is 0.0606 e. The fourth-order valence-corrected chi connectivity index (χ4v) is 1.09. The highest BCUT2D eigenvalue weighted by atomic mass is 16.3. The van der Waals surface area contributed by atoms with Gasteiger partial charge in [-0.05, 0) is 6.92 Å². The number of hydrogen-bond acceptors (Lipinski definition) is 3. The summed E-state index contributed by atoms with van der Waals surface area (Å²) in [5.74, 6) is 0. The second-order valence-electron chi connectivity index (χ2n) is 2.50. The maximum atomic E-state index is 8.61. The summed E-state index contributed by atoms with van der Waals surface area (Å²) in [5, 5.41) is 11.8. The van der Waals surface area contributed by atoms with Gasteiger partial charge in [-0.25, -0.2) is 0 Å². The van der Waals surface area contributed by atoms with E-state index in [1.165, 1.54) is 5.70 Å². The van der Waals surface area contributed by atoms with Crippen molar-refractivity contribution < 1.29 is 5.11 Å². The van der Waals surface area contributed by atoms with Crippen molar-refractivity contribution in [3.05, 3.63) is 11.9 Å². The molecule has 0 fully saturated rings. The topological polar surface area (TPSA) is 35.5 Å². The van der Waals surface area contributed by atoms with Crippen molar-refractivity contribution in [2.24, 2.45) is 0 Å². The first-order valence-electron chi connectivity index (χ1n) is 3.60. The first-order chi connectivity index (χ1) is 4.83. The van der Waals surface area contributed by atoms with Crippen LogP contribution in [0.5, 0.6) is 0 Å². The molecule has 0 saturated heterocycles. The van der Waals surface area contributed by atoms with Gasteiger partial charge >= 0.3 is 0 Å². The average Bonchev–Trinajstić information content (AvgIpc) is 1.88. The maximum absolute atomic E-state index is 8.61. The van der Waals surface area contributed by atoms with Gasteiger partial charge in [0, 0.05) is 31.5 Å². The van der Waals surface area contributed by atoms with Gasteiger partial charge in [0.2, 0.25) is 0 Å². The van der Waals surface area contributed by atoms with Crippen molar-refractivity contribution in [2.45, 2.75) is 6.92 Å². The van der Waals surface area contributed by atoms with Gasteiger partial charge in [0.1, 0.15) is 0 Å². The average molecular weight is 142 g/mol. The lowest BCUT2D eigenvalue weighted by molar-refractivity contribution is 0.231. The van der Waals surface area contributed by atoms with E-state index in [0.29, 0.717) is 0 Å². The standard InChI is InChI=1S/C7H14N2O/c1-7-6-9(4-5-10)3-2-8-7/h6,8,10H,2-5H2,1H3. The molecule has 1 heterocycles. The summed E-state index contributed by atoms with van der Waals surface area (Å²) >= 11 is 0. The lowest BCUT2D eigenvalue weighted by Crippen LogP contribution is -2.35. The Balaban J connectivity index is 2.38. The zero-order valence-corrected chi connectivity index (χ0v) is 6.30. The Kier molecular flexibility index (Phi) is 2.57. The van der Waals surface area contributed by atoms with E-state index in [0.717, 1.165) is 19.6 Å². The SMILES string of the molecule is CC1=CN(CCO)CCN1. The normalized spacial score (nSPS) is 18.2. The maximum Gasteiger partial charge on any atom is 0.0606 e. The Labute approximate surface area is 61.3 Å². The molecule has 0 saturated carbocycles. The molecule has 3 nitrogen and oxygen atoms in total. The van der Waals surface area contributed by atoms with Crippen LogP contribution in [0.3, 0.4) is 0 Å². The number of allylic oxidation sites excluding steroid dienone is 1. The van der Waals surface area contributed by atoms with E-state index in [4.69, 9.17) is 5.11 Å². The van der Waals surface area contributed by atoms with Crippen molar-refractivity contribution in [2.75, 3.05) is 26.2 Å². The van der Waals surface area contributed by atoms with Gasteiger partial charge in [-0.3, -0.25) is 0 Å². The zero-order chi connectivity index (χ0) is 7.40. The molecular weight excluding hydrogens is 128 g/mol. The Hall–Kier alpha value is -0.700. The van der Waals surface area contributed by atoms with Crippen LogP contribution in [0.4, 0.5) is 0 Å². The van der Waals surface area contributed by atoms with Crippen LogP contribution in [-0.4, -0.2) is 36.2 Å². The third kappa shape index (κ3) is 1.92. The summed E-state index contributed by atoms with van der Waals surface area (Å²) in [6, 6.07) is 0. The molecular formula is C7H14N2O. The van der Waals surface area contributed by atoms with Crippen LogP contribution in [0, 0.1) is 0 Å². The van der Waals surface area contributed by atoms with Crippen molar-refractivity contribution in [3.63, 3.8) is 0 Å². The van der Waals surface area contributed by atoms with Gasteiger partial charge in [-0.15, -0.1) is 0 Å². The quantitative estimate of drug-likeness (QED) is 0.558. The van der Waals surface area contributed by atoms with Crippen LogP contribution >= 0.6 is 0 Å². The van der Waals surface area contributed by atoms with Crippen molar-refractivity contribution in [3.8, 4) is 0 Å². The number of nitrogens with zero attached hydrogens (tertiary/aromatic N) is 1. The minimum atomic E-state index is 0.240. The molecule has 1 aliphatic heterocycles. The Morgan fingerprint density at radius 2 is 2.60 bits per heavy atom. The van der Waals surface area contributed by atoms with Gasteiger partial charge in [-0.2, -0.15) is 0 Å². The number of aliphatic hydroxyl groups is 1. The van der Waals surface area contributed by atoms with E-state index >= 15 is 0 Å². The van der Waals surface area contributed by atoms with Crippen LogP contribution in [-0.2, 0) is 0 Å². The molecule has 2 N–H and O–H groups in total. The molecule has 10 heavy (non-hydrogen) atoms. The molecule has 0 aromatic rings. The highest BCUT2D eigenvalue weighted by Crippen LogP contribution is 1.98. The zero-order valence-electron chi connectivity index (χ0n) is 6.30. The van der Waals surface area contributed by atoms with Crippen LogP contribution in [0.1, 0.15) is 6.92 Å². The monoisotopic (exact) mass is 142 g/mol. The second-order valence-corrected chi connectivity index (χ2v) is 2.50. The predicted molar refractivity (Wildman–Crippen MR) is 40.4 cm³/mol. The lowest BCUT2D eigenvalue weighted by Gasteiger charge is -2.25. The number of nitrogens with one attached hydrogen (secondary N) is 1. The summed E-state index contributed by atoms with van der Waals surface area (Å²) in [6.07, 6.45) is 2.04.